The minimum atomic E-state index is -0.992. The van der Waals surface area contributed by atoms with Crippen LogP contribution in [0.15, 0.2) is 48.7 Å². The summed E-state index contributed by atoms with van der Waals surface area (Å²) in [6, 6.07) is 10.7. The van der Waals surface area contributed by atoms with Crippen molar-refractivity contribution >= 4 is 11.8 Å². The number of amides is 1. The molecule has 10 heteroatoms. The number of carbonyl (C=O) groups excluding carboxylic acids is 1. The van der Waals surface area contributed by atoms with Crippen LogP contribution in [0.25, 0.3) is 0 Å². The molecule has 0 unspecified atom stereocenters. The average Bonchev–Trinajstić information content (AvgIpc) is 2.80. The van der Waals surface area contributed by atoms with Crippen molar-refractivity contribution in [1.82, 2.24) is 15.1 Å². The van der Waals surface area contributed by atoms with Gasteiger partial charge in [-0.1, -0.05) is 26.0 Å². The van der Waals surface area contributed by atoms with E-state index in [1.807, 2.05) is 13.8 Å². The monoisotopic (exact) mass is 456 g/mol. The van der Waals surface area contributed by atoms with Crippen molar-refractivity contribution in [2.24, 2.45) is 0 Å². The lowest BCUT2D eigenvalue weighted by atomic mass is 9.84. The number of nitrogens with two attached hydrogens (primary N) is 1. The Bertz CT molecular complexity index is 1170. The van der Waals surface area contributed by atoms with E-state index in [4.69, 9.17) is 19.9 Å². The molecular formula is C23H22F2N4O4. The highest BCUT2D eigenvalue weighted by atomic mass is 19.1. The van der Waals surface area contributed by atoms with E-state index in [0.717, 1.165) is 0 Å². The lowest BCUT2D eigenvalue weighted by Crippen LogP contribution is -2.63. The summed E-state index contributed by atoms with van der Waals surface area (Å²) in [5.41, 5.74) is 5.25. The Morgan fingerprint density at radius 2 is 1.91 bits per heavy atom. The summed E-state index contributed by atoms with van der Waals surface area (Å²) in [4.78, 5) is 14.2. The summed E-state index contributed by atoms with van der Waals surface area (Å²) in [6.07, 6.45) is 0.629. The number of benzene rings is 2. The molecule has 0 aliphatic carbocycles. The third-order valence-corrected chi connectivity index (χ3v) is 5.37. The normalized spacial score (nSPS) is 15.6. The van der Waals surface area contributed by atoms with Crippen LogP contribution in [0, 0.1) is 11.6 Å². The number of halogens is 2. The standard InChI is InChI=1S/C21H16F2N4O4.C2H6/c22-17-12(3-1-4-14(17)24)9-27-20(28)31-19-13(21(27)10-29-11-21)6-7-15(18(19)23)30-16-5-2-8-25-26-16;1-2/h1-8H,9-11,24H2;1-2H3. The number of nitrogen functional groups attached to an aromatic ring is 1. The van der Waals surface area contributed by atoms with Gasteiger partial charge in [0.25, 0.3) is 0 Å². The van der Waals surface area contributed by atoms with E-state index < -0.39 is 23.3 Å². The Morgan fingerprint density at radius 3 is 2.58 bits per heavy atom. The van der Waals surface area contributed by atoms with Gasteiger partial charge >= 0.3 is 6.09 Å². The molecule has 1 aromatic heterocycles. The maximum atomic E-state index is 15.2. The third kappa shape index (κ3) is 3.82. The summed E-state index contributed by atoms with van der Waals surface area (Å²) in [5.74, 6) is -1.80. The van der Waals surface area contributed by atoms with Gasteiger partial charge in [-0.3, -0.25) is 4.90 Å². The van der Waals surface area contributed by atoms with Crippen molar-refractivity contribution < 1.29 is 27.8 Å². The fourth-order valence-electron chi connectivity index (χ4n) is 3.71. The number of nitrogens with zero attached hydrogens (tertiary/aromatic N) is 3. The molecule has 2 aromatic carbocycles. The molecule has 1 fully saturated rings. The molecule has 5 rings (SSSR count). The van der Waals surface area contributed by atoms with Crippen molar-refractivity contribution in [2.75, 3.05) is 18.9 Å². The smallest absolute Gasteiger partial charge is 0.416 e. The molecule has 1 saturated heterocycles. The van der Waals surface area contributed by atoms with Crippen molar-refractivity contribution in [3.63, 3.8) is 0 Å². The van der Waals surface area contributed by atoms with Gasteiger partial charge in [0.2, 0.25) is 11.7 Å². The molecule has 2 aliphatic heterocycles. The fourth-order valence-corrected chi connectivity index (χ4v) is 3.71. The highest BCUT2D eigenvalue weighted by Crippen LogP contribution is 2.48. The van der Waals surface area contributed by atoms with Gasteiger partial charge in [0.1, 0.15) is 5.54 Å². The number of rotatable bonds is 4. The van der Waals surface area contributed by atoms with Crippen molar-refractivity contribution in [2.45, 2.75) is 25.9 Å². The predicted octanol–water partition coefficient (Wildman–Crippen LogP) is 4.40. The Balaban J connectivity index is 0.00000126. The molecule has 2 aliphatic rings. The molecule has 8 nitrogen and oxygen atoms in total. The van der Waals surface area contributed by atoms with Crippen molar-refractivity contribution in [3.05, 3.63) is 71.4 Å². The molecule has 0 radical (unpaired) electrons. The molecule has 172 valence electrons. The van der Waals surface area contributed by atoms with Crippen LogP contribution < -0.4 is 15.2 Å². The highest BCUT2D eigenvalue weighted by molar-refractivity contribution is 5.77. The molecule has 1 spiro atoms. The zero-order chi connectivity index (χ0) is 23.6. The van der Waals surface area contributed by atoms with Crippen molar-refractivity contribution in [1.29, 1.82) is 0 Å². The third-order valence-electron chi connectivity index (χ3n) is 5.37. The summed E-state index contributed by atoms with van der Waals surface area (Å²) >= 11 is 0. The van der Waals surface area contributed by atoms with Gasteiger partial charge in [0.05, 0.1) is 25.4 Å². The quantitative estimate of drug-likeness (QED) is 0.581. The minimum Gasteiger partial charge on any atom is -0.434 e. The number of carbonyl (C=O) groups is 1. The van der Waals surface area contributed by atoms with Gasteiger partial charge in [0, 0.05) is 23.4 Å². The first kappa shape index (κ1) is 22.4. The van der Waals surface area contributed by atoms with E-state index in [1.54, 1.807) is 18.2 Å². The first-order valence-electron chi connectivity index (χ1n) is 10.4. The second-order valence-corrected chi connectivity index (χ2v) is 7.22. The zero-order valence-corrected chi connectivity index (χ0v) is 18.0. The van der Waals surface area contributed by atoms with Crippen LogP contribution in [-0.2, 0) is 16.8 Å². The van der Waals surface area contributed by atoms with E-state index in [9.17, 15) is 9.18 Å². The Hall–Kier alpha value is -3.79. The van der Waals surface area contributed by atoms with Gasteiger partial charge in [-0.15, -0.1) is 5.10 Å². The van der Waals surface area contributed by atoms with Gasteiger partial charge in [0.15, 0.2) is 17.3 Å². The maximum absolute atomic E-state index is 15.2. The average molecular weight is 456 g/mol. The van der Waals surface area contributed by atoms with Gasteiger partial charge < -0.3 is 19.9 Å². The number of aromatic nitrogens is 2. The van der Waals surface area contributed by atoms with Gasteiger partial charge in [-0.05, 0) is 24.3 Å². The number of hydrogen-bond donors (Lipinski definition) is 1. The van der Waals surface area contributed by atoms with Crippen LogP contribution in [0.3, 0.4) is 0 Å². The van der Waals surface area contributed by atoms with E-state index in [0.29, 0.717) is 5.56 Å². The molecule has 2 N–H and O–H groups in total. The van der Waals surface area contributed by atoms with Gasteiger partial charge in [-0.25, -0.2) is 9.18 Å². The molecule has 3 aromatic rings. The highest BCUT2D eigenvalue weighted by Gasteiger charge is 2.54. The maximum Gasteiger partial charge on any atom is 0.416 e. The molecule has 0 bridgehead atoms. The molecule has 3 heterocycles. The minimum absolute atomic E-state index is 0.0287. The molecule has 0 saturated carbocycles. The Labute approximate surface area is 188 Å². The van der Waals surface area contributed by atoms with E-state index >= 15 is 4.39 Å². The van der Waals surface area contributed by atoms with Crippen LogP contribution in [-0.4, -0.2) is 34.4 Å². The van der Waals surface area contributed by atoms with Crippen LogP contribution >= 0.6 is 0 Å². The molecule has 33 heavy (non-hydrogen) atoms. The lowest BCUT2D eigenvalue weighted by molar-refractivity contribution is -0.143. The number of anilines is 1. The second-order valence-electron chi connectivity index (χ2n) is 7.22. The summed E-state index contributed by atoms with van der Waals surface area (Å²) in [6.45, 7) is 4.11. The largest absolute Gasteiger partial charge is 0.434 e. The second kappa shape index (κ2) is 8.99. The van der Waals surface area contributed by atoms with Crippen LogP contribution in [0.1, 0.15) is 25.0 Å². The lowest BCUT2D eigenvalue weighted by Gasteiger charge is -2.51. The van der Waals surface area contributed by atoms with E-state index in [2.05, 4.69) is 10.2 Å². The topological polar surface area (TPSA) is 99.8 Å². The molecule has 1 amide bonds. The fraction of sp³-hybridized carbons (Fsp3) is 0.261. The first-order valence-corrected chi connectivity index (χ1v) is 10.4. The zero-order valence-electron chi connectivity index (χ0n) is 18.0. The number of ether oxygens (including phenoxy) is 3. The summed E-state index contributed by atoms with van der Waals surface area (Å²) in [7, 11) is 0. The summed E-state index contributed by atoms with van der Waals surface area (Å²) < 4.78 is 45.8. The van der Waals surface area contributed by atoms with E-state index in [-0.39, 0.29) is 48.4 Å². The molecule has 0 atom stereocenters. The van der Waals surface area contributed by atoms with Crippen LogP contribution in [0.2, 0.25) is 0 Å². The van der Waals surface area contributed by atoms with Gasteiger partial charge in [-0.2, -0.15) is 9.49 Å². The first-order chi connectivity index (χ1) is 16.0. The Kier molecular flexibility index (Phi) is 6.10. The Morgan fingerprint density at radius 1 is 1.12 bits per heavy atom. The summed E-state index contributed by atoms with van der Waals surface area (Å²) in [5, 5.41) is 7.42. The van der Waals surface area contributed by atoms with Crippen LogP contribution in [0.5, 0.6) is 17.4 Å². The molecular weight excluding hydrogens is 434 g/mol. The number of fused-ring (bicyclic) bond motifs is 2. The SMILES string of the molecule is CC.Nc1cccc(CN2C(=O)Oc3c(ccc(Oc4cccnn4)c3F)C23COC3)c1F. The van der Waals surface area contributed by atoms with E-state index in [1.165, 1.54) is 35.4 Å². The predicted molar refractivity (Wildman–Crippen MR) is 115 cm³/mol. The van der Waals surface area contributed by atoms with Crippen molar-refractivity contribution in [3.8, 4) is 17.4 Å². The number of hydrogen-bond acceptors (Lipinski definition) is 7. The van der Waals surface area contributed by atoms with Crippen LogP contribution in [0.4, 0.5) is 19.3 Å².